The second-order valence-electron chi connectivity index (χ2n) is 2.33. The highest BCUT2D eigenvalue weighted by atomic mass is 127. The number of thiophene rings is 1. The van der Waals surface area contributed by atoms with E-state index in [1.807, 2.05) is 12.1 Å². The van der Waals surface area contributed by atoms with Crippen LogP contribution < -0.4 is 0 Å². The average molecular weight is 373 g/mol. The first-order chi connectivity index (χ1) is 5.68. The summed E-state index contributed by atoms with van der Waals surface area (Å²) in [6, 6.07) is 6.11. The third-order valence-corrected chi connectivity index (χ3v) is 5.11. The molecular formula is C8H3BrClIS. The van der Waals surface area contributed by atoms with Crippen LogP contribution in [-0.2, 0) is 0 Å². The maximum atomic E-state index is 5.95. The molecule has 2 aromatic rings. The van der Waals surface area contributed by atoms with Crippen LogP contribution in [0.5, 0.6) is 0 Å². The van der Waals surface area contributed by atoms with E-state index in [-0.39, 0.29) is 0 Å². The molecule has 1 heterocycles. The molecule has 0 aliphatic carbocycles. The Kier molecular flexibility index (Phi) is 2.65. The van der Waals surface area contributed by atoms with Gasteiger partial charge in [-0.05, 0) is 56.0 Å². The van der Waals surface area contributed by atoms with Crippen molar-refractivity contribution in [2.75, 3.05) is 0 Å². The van der Waals surface area contributed by atoms with E-state index in [0.717, 1.165) is 9.50 Å². The highest BCUT2D eigenvalue weighted by Gasteiger charge is 2.05. The van der Waals surface area contributed by atoms with Crippen LogP contribution in [0.25, 0.3) is 10.1 Å². The summed E-state index contributed by atoms with van der Waals surface area (Å²) in [5.41, 5.74) is 0. The first-order valence-corrected chi connectivity index (χ1v) is 6.28. The topological polar surface area (TPSA) is 0 Å². The van der Waals surface area contributed by atoms with Crippen molar-refractivity contribution < 1.29 is 0 Å². The standard InChI is InChI=1S/C8H3BrClIS/c9-7-5(10)2-1-4-3-6(11)12-8(4)7/h1-3H. The molecule has 0 fully saturated rings. The van der Waals surface area contributed by atoms with Crippen LogP contribution in [0.2, 0.25) is 5.02 Å². The second-order valence-corrected chi connectivity index (χ2v) is 6.48. The summed E-state index contributed by atoms with van der Waals surface area (Å²) in [4.78, 5) is 0. The maximum Gasteiger partial charge on any atom is 0.0666 e. The monoisotopic (exact) mass is 372 g/mol. The van der Waals surface area contributed by atoms with Crippen LogP contribution in [0, 0.1) is 2.88 Å². The molecule has 62 valence electrons. The Morgan fingerprint density at radius 1 is 1.42 bits per heavy atom. The van der Waals surface area contributed by atoms with Crippen LogP contribution in [0.4, 0.5) is 0 Å². The van der Waals surface area contributed by atoms with Crippen molar-refractivity contribution in [3.8, 4) is 0 Å². The van der Waals surface area contributed by atoms with Gasteiger partial charge in [0.15, 0.2) is 0 Å². The van der Waals surface area contributed by atoms with Crippen molar-refractivity contribution >= 4 is 71.5 Å². The van der Waals surface area contributed by atoms with Gasteiger partial charge >= 0.3 is 0 Å². The van der Waals surface area contributed by atoms with Gasteiger partial charge in [0.2, 0.25) is 0 Å². The average Bonchev–Trinajstić information content (AvgIpc) is 2.39. The van der Waals surface area contributed by atoms with Crippen LogP contribution in [0.3, 0.4) is 0 Å². The molecule has 0 saturated heterocycles. The molecule has 0 bridgehead atoms. The molecule has 0 spiro atoms. The minimum Gasteiger partial charge on any atom is -0.128 e. The largest absolute Gasteiger partial charge is 0.128 e. The predicted molar refractivity (Wildman–Crippen MR) is 67.3 cm³/mol. The van der Waals surface area contributed by atoms with Crippen molar-refractivity contribution in [1.82, 2.24) is 0 Å². The van der Waals surface area contributed by atoms with Crippen LogP contribution in [0.1, 0.15) is 0 Å². The van der Waals surface area contributed by atoms with Gasteiger partial charge in [0, 0.05) is 0 Å². The van der Waals surface area contributed by atoms with Crippen LogP contribution in [-0.4, -0.2) is 0 Å². The Bertz CT molecular complexity index is 438. The molecule has 0 saturated carbocycles. The number of benzene rings is 1. The van der Waals surface area contributed by atoms with Crippen molar-refractivity contribution in [1.29, 1.82) is 0 Å². The van der Waals surface area contributed by atoms with Gasteiger partial charge in [0.05, 0.1) is 17.1 Å². The number of hydrogen-bond donors (Lipinski definition) is 0. The van der Waals surface area contributed by atoms with Crippen molar-refractivity contribution in [3.63, 3.8) is 0 Å². The molecule has 0 atom stereocenters. The highest BCUT2D eigenvalue weighted by Crippen LogP contribution is 2.36. The summed E-state index contributed by atoms with van der Waals surface area (Å²) in [7, 11) is 0. The smallest absolute Gasteiger partial charge is 0.0666 e. The van der Waals surface area contributed by atoms with E-state index < -0.39 is 0 Å². The third kappa shape index (κ3) is 1.52. The quantitative estimate of drug-likeness (QED) is 0.575. The fourth-order valence-electron chi connectivity index (χ4n) is 1.01. The molecule has 2 rings (SSSR count). The van der Waals surface area contributed by atoms with Gasteiger partial charge in [-0.1, -0.05) is 17.7 Å². The molecule has 0 aliphatic rings. The summed E-state index contributed by atoms with van der Waals surface area (Å²) in [6.07, 6.45) is 0. The zero-order valence-corrected chi connectivity index (χ0v) is 11.1. The SMILES string of the molecule is Clc1ccc2cc(I)sc2c1Br. The van der Waals surface area contributed by atoms with Crippen molar-refractivity contribution in [2.24, 2.45) is 0 Å². The molecular weight excluding hydrogens is 370 g/mol. The molecule has 12 heavy (non-hydrogen) atoms. The summed E-state index contributed by atoms with van der Waals surface area (Å²) < 4.78 is 3.52. The van der Waals surface area contributed by atoms with Crippen LogP contribution >= 0.6 is 61.5 Å². The van der Waals surface area contributed by atoms with Crippen LogP contribution in [0.15, 0.2) is 22.7 Å². The number of halogens is 3. The fourth-order valence-corrected chi connectivity index (χ4v) is 3.65. The molecule has 4 heteroatoms. The van der Waals surface area contributed by atoms with E-state index in [4.69, 9.17) is 11.6 Å². The molecule has 0 radical (unpaired) electrons. The Balaban J connectivity index is 2.89. The lowest BCUT2D eigenvalue weighted by molar-refractivity contribution is 1.79. The summed E-state index contributed by atoms with van der Waals surface area (Å²) in [6.45, 7) is 0. The zero-order chi connectivity index (χ0) is 8.72. The Hall–Kier alpha value is 0.680. The molecule has 1 aromatic heterocycles. The lowest BCUT2D eigenvalue weighted by atomic mass is 10.3. The maximum absolute atomic E-state index is 5.95. The summed E-state index contributed by atoms with van der Waals surface area (Å²) in [5.74, 6) is 0. The van der Waals surface area contributed by atoms with Crippen molar-refractivity contribution in [3.05, 3.63) is 30.6 Å². The molecule has 1 aromatic carbocycles. The molecule has 0 aliphatic heterocycles. The Morgan fingerprint density at radius 3 is 2.92 bits per heavy atom. The molecule has 0 unspecified atom stereocenters. The van der Waals surface area contributed by atoms with Gasteiger partial charge < -0.3 is 0 Å². The van der Waals surface area contributed by atoms with Gasteiger partial charge in [-0.15, -0.1) is 11.3 Å². The number of fused-ring (bicyclic) bond motifs is 1. The van der Waals surface area contributed by atoms with E-state index in [1.165, 1.54) is 13.0 Å². The normalized spacial score (nSPS) is 10.9. The predicted octanol–water partition coefficient (Wildman–Crippen LogP) is 4.92. The van der Waals surface area contributed by atoms with Gasteiger partial charge in [-0.3, -0.25) is 0 Å². The first kappa shape index (κ1) is 9.24. The third-order valence-electron chi connectivity index (χ3n) is 1.55. The van der Waals surface area contributed by atoms with Gasteiger partial charge in [-0.2, -0.15) is 0 Å². The minimum atomic E-state index is 0.778. The van der Waals surface area contributed by atoms with Gasteiger partial charge in [0.25, 0.3) is 0 Å². The van der Waals surface area contributed by atoms with E-state index in [1.54, 1.807) is 11.3 Å². The summed E-state index contributed by atoms with van der Waals surface area (Å²) in [5, 5.41) is 2.03. The second kappa shape index (κ2) is 3.44. The summed E-state index contributed by atoms with van der Waals surface area (Å²) >= 11 is 13.5. The Labute approximate surface area is 101 Å². The highest BCUT2D eigenvalue weighted by molar-refractivity contribution is 14.1. The lowest BCUT2D eigenvalue weighted by Crippen LogP contribution is -1.67. The van der Waals surface area contributed by atoms with E-state index in [9.17, 15) is 0 Å². The lowest BCUT2D eigenvalue weighted by Gasteiger charge is -1.95. The van der Waals surface area contributed by atoms with E-state index in [0.29, 0.717) is 0 Å². The van der Waals surface area contributed by atoms with Gasteiger partial charge in [-0.25, -0.2) is 0 Å². The Morgan fingerprint density at radius 2 is 2.17 bits per heavy atom. The van der Waals surface area contributed by atoms with Crippen molar-refractivity contribution in [2.45, 2.75) is 0 Å². The number of rotatable bonds is 0. The fraction of sp³-hybridized carbons (Fsp3) is 0. The molecule has 0 nitrogen and oxygen atoms in total. The van der Waals surface area contributed by atoms with E-state index in [2.05, 4.69) is 44.6 Å². The van der Waals surface area contributed by atoms with E-state index >= 15 is 0 Å². The molecule has 0 N–H and O–H groups in total. The first-order valence-electron chi connectivity index (χ1n) is 3.21. The minimum absolute atomic E-state index is 0.778. The zero-order valence-electron chi connectivity index (χ0n) is 5.77. The van der Waals surface area contributed by atoms with Gasteiger partial charge in [0.1, 0.15) is 0 Å². The molecule has 0 amide bonds. The number of hydrogen-bond acceptors (Lipinski definition) is 1.